The number of hydrogen-bond donors (Lipinski definition) is 0. The van der Waals surface area contributed by atoms with E-state index in [2.05, 4.69) is 63.9 Å². The Bertz CT molecular complexity index is 88.7. The van der Waals surface area contributed by atoms with Gasteiger partial charge in [0.15, 0.2) is 0 Å². The molecule has 0 bridgehead atoms. The molecule has 0 N–H and O–H groups in total. The van der Waals surface area contributed by atoms with Crippen molar-refractivity contribution in [2.24, 2.45) is 0 Å². The van der Waals surface area contributed by atoms with Gasteiger partial charge in [0.05, 0.1) is 0 Å². The molecule has 0 amide bonds. The molecule has 0 spiro atoms. The van der Waals surface area contributed by atoms with Crippen molar-refractivity contribution in [2.75, 3.05) is 0 Å². The molecule has 0 atom stereocenters. The first kappa shape index (κ1) is 25.0. The van der Waals surface area contributed by atoms with Gasteiger partial charge in [-0.1, -0.05) is 32.3 Å². The summed E-state index contributed by atoms with van der Waals surface area (Å²) in [5.74, 6) is 0. The van der Waals surface area contributed by atoms with Crippen LogP contribution in [0, 0.1) is 13.8 Å². The number of hydrogen-bond acceptors (Lipinski definition) is 0. The van der Waals surface area contributed by atoms with E-state index in [-0.39, 0.29) is 23.1 Å². The SMILES string of the molecule is CC(C)=C[CH2][Al].[CH2-]CCC.[CH2-]CCC.[Mg+2]. The second-order valence-corrected chi connectivity index (χ2v) is 3.70. The zero-order valence-corrected chi connectivity index (χ0v) is 13.9. The first-order chi connectivity index (χ1) is 6.60. The summed E-state index contributed by atoms with van der Waals surface area (Å²) < 4.78 is 0. The Morgan fingerprint density at radius 2 is 1.33 bits per heavy atom. The Morgan fingerprint density at radius 3 is 1.33 bits per heavy atom. The third-order valence-corrected chi connectivity index (χ3v) is 1.47. The van der Waals surface area contributed by atoms with E-state index in [4.69, 9.17) is 0 Å². The van der Waals surface area contributed by atoms with Crippen molar-refractivity contribution in [2.45, 2.75) is 58.7 Å². The van der Waals surface area contributed by atoms with E-state index < -0.39 is 0 Å². The standard InChI is InChI=1S/C5H9.2C4H9.Al.Mg/c1-4-5(2)3;2*1-3-4-2;;/h4H,1H2,2-3H3;2*1,3-4H2,2H3;;/q;2*-1;;+2. The summed E-state index contributed by atoms with van der Waals surface area (Å²) in [5.41, 5.74) is 1.39. The summed E-state index contributed by atoms with van der Waals surface area (Å²) in [6.07, 6.45) is 6.73. The van der Waals surface area contributed by atoms with Crippen molar-refractivity contribution in [3.8, 4) is 0 Å². The molecular weight excluding hydrogens is 207 g/mol. The molecule has 0 aliphatic carbocycles. The fourth-order valence-corrected chi connectivity index (χ4v) is 0.707. The second kappa shape index (κ2) is 29.4. The minimum absolute atomic E-state index is 0. The molecule has 0 nitrogen and oxygen atoms in total. The van der Waals surface area contributed by atoms with Crippen LogP contribution >= 0.6 is 0 Å². The van der Waals surface area contributed by atoms with Crippen LogP contribution in [0.5, 0.6) is 0 Å². The number of unbranched alkanes of at least 4 members (excludes halogenated alkanes) is 2. The van der Waals surface area contributed by atoms with Gasteiger partial charge < -0.3 is 13.8 Å². The molecule has 2 radical (unpaired) electrons. The van der Waals surface area contributed by atoms with E-state index in [1.54, 1.807) is 0 Å². The van der Waals surface area contributed by atoms with Crippen molar-refractivity contribution in [1.82, 2.24) is 0 Å². The minimum atomic E-state index is 0. The molecular formula is C13H27AlMg. The zero-order chi connectivity index (χ0) is 11.8. The van der Waals surface area contributed by atoms with Gasteiger partial charge in [0.1, 0.15) is 16.3 Å². The summed E-state index contributed by atoms with van der Waals surface area (Å²) in [4.78, 5) is 0. The summed E-state index contributed by atoms with van der Waals surface area (Å²) in [5, 5.41) is 1.09. The third-order valence-electron chi connectivity index (χ3n) is 1.23. The fourth-order valence-electron chi connectivity index (χ4n) is 0.236. The van der Waals surface area contributed by atoms with Crippen molar-refractivity contribution in [3.05, 3.63) is 25.5 Å². The van der Waals surface area contributed by atoms with Crippen molar-refractivity contribution in [3.63, 3.8) is 0 Å². The second-order valence-electron chi connectivity index (χ2n) is 3.22. The maximum absolute atomic E-state index is 3.60. The van der Waals surface area contributed by atoms with Gasteiger partial charge in [0, 0.05) is 0 Å². The van der Waals surface area contributed by atoms with E-state index in [1.165, 1.54) is 18.4 Å². The average Bonchev–Trinajstić information content (AvgIpc) is 2.18. The monoisotopic (exact) mass is 234 g/mol. The topological polar surface area (TPSA) is 0 Å². The molecule has 0 aromatic heterocycles. The van der Waals surface area contributed by atoms with Gasteiger partial charge in [-0.25, -0.2) is 0 Å². The Balaban J connectivity index is -0.0000000606. The summed E-state index contributed by atoms with van der Waals surface area (Å²) in [7, 11) is 0. The molecule has 2 heteroatoms. The van der Waals surface area contributed by atoms with Crippen molar-refractivity contribution >= 4 is 39.3 Å². The van der Waals surface area contributed by atoms with Gasteiger partial charge in [0.25, 0.3) is 0 Å². The maximum atomic E-state index is 3.60. The predicted molar refractivity (Wildman–Crippen MR) is 76.3 cm³/mol. The van der Waals surface area contributed by atoms with E-state index in [1.807, 2.05) is 0 Å². The van der Waals surface area contributed by atoms with E-state index >= 15 is 0 Å². The van der Waals surface area contributed by atoms with Gasteiger partial charge in [0.2, 0.25) is 0 Å². The van der Waals surface area contributed by atoms with Crippen LogP contribution in [0.25, 0.3) is 0 Å². The van der Waals surface area contributed by atoms with Crippen molar-refractivity contribution in [1.29, 1.82) is 0 Å². The van der Waals surface area contributed by atoms with Gasteiger partial charge in [-0.3, -0.25) is 0 Å². The van der Waals surface area contributed by atoms with Gasteiger partial charge in [-0.2, -0.15) is 12.8 Å². The zero-order valence-electron chi connectivity index (χ0n) is 11.3. The Morgan fingerprint density at radius 1 is 1.07 bits per heavy atom. The van der Waals surface area contributed by atoms with Gasteiger partial charge >= 0.3 is 23.1 Å². The minimum Gasteiger partial charge on any atom is -0.343 e. The van der Waals surface area contributed by atoms with Crippen LogP contribution < -0.4 is 0 Å². The Labute approximate surface area is 123 Å². The van der Waals surface area contributed by atoms with E-state index in [0.717, 1.165) is 18.1 Å². The van der Waals surface area contributed by atoms with Gasteiger partial charge in [-0.05, 0) is 13.8 Å². The van der Waals surface area contributed by atoms with Crippen LogP contribution in [0.4, 0.5) is 0 Å². The van der Waals surface area contributed by atoms with Crippen LogP contribution in [0.2, 0.25) is 5.28 Å². The largest absolute Gasteiger partial charge is 2.00 e. The molecule has 15 heavy (non-hydrogen) atoms. The smallest absolute Gasteiger partial charge is 0.343 e. The quantitative estimate of drug-likeness (QED) is 0.386. The fraction of sp³-hybridized carbons (Fsp3) is 0.692. The molecule has 0 aromatic rings. The van der Waals surface area contributed by atoms with E-state index in [9.17, 15) is 0 Å². The van der Waals surface area contributed by atoms with Gasteiger partial charge in [-0.15, -0.1) is 11.4 Å². The summed E-state index contributed by atoms with van der Waals surface area (Å²) in [6, 6.07) is 0. The molecule has 0 saturated carbocycles. The maximum Gasteiger partial charge on any atom is 2.00 e. The van der Waals surface area contributed by atoms with Crippen LogP contribution in [-0.2, 0) is 0 Å². The summed E-state index contributed by atoms with van der Waals surface area (Å²) in [6.45, 7) is 15.6. The third kappa shape index (κ3) is 70.1. The van der Waals surface area contributed by atoms with E-state index in [0.29, 0.717) is 0 Å². The molecule has 0 aliphatic rings. The van der Waals surface area contributed by atoms with Crippen LogP contribution in [0.1, 0.15) is 53.4 Å². The predicted octanol–water partition coefficient (Wildman–Crippen LogP) is 4.40. The molecule has 0 aromatic carbocycles. The normalized spacial score (nSPS) is 7.07. The molecule has 0 unspecified atom stereocenters. The Hall–Kier alpha value is 1.04. The molecule has 0 heterocycles. The molecule has 0 aliphatic heterocycles. The van der Waals surface area contributed by atoms with Crippen molar-refractivity contribution < 1.29 is 0 Å². The molecule has 84 valence electrons. The van der Waals surface area contributed by atoms with Crippen LogP contribution in [0.15, 0.2) is 11.6 Å². The first-order valence-electron chi connectivity index (χ1n) is 5.52. The molecule has 0 fully saturated rings. The number of rotatable bonds is 3. The number of allylic oxidation sites excluding steroid dienone is 2. The first-order valence-corrected chi connectivity index (χ1v) is 6.34. The average molecular weight is 235 g/mol. The van der Waals surface area contributed by atoms with Crippen LogP contribution in [-0.4, -0.2) is 39.3 Å². The Kier molecular flexibility index (Phi) is 49.1. The molecule has 0 saturated heterocycles. The molecule has 0 rings (SSSR count). The van der Waals surface area contributed by atoms with Crippen LogP contribution in [0.3, 0.4) is 0 Å². The summed E-state index contributed by atoms with van der Waals surface area (Å²) >= 11 is 2.65.